The first kappa shape index (κ1) is 16.5. The summed E-state index contributed by atoms with van der Waals surface area (Å²) in [7, 11) is 0. The zero-order valence-electron chi connectivity index (χ0n) is 15.3. The predicted octanol–water partition coefficient (Wildman–Crippen LogP) is 4.61. The van der Waals surface area contributed by atoms with E-state index >= 15 is 0 Å². The van der Waals surface area contributed by atoms with Gasteiger partial charge in [-0.1, -0.05) is 54.6 Å². The van der Waals surface area contributed by atoms with Gasteiger partial charge in [0.2, 0.25) is 12.1 Å². The second-order valence-corrected chi connectivity index (χ2v) is 6.99. The number of benzene rings is 3. The first-order valence-corrected chi connectivity index (χ1v) is 9.29. The Balaban J connectivity index is 1.31. The normalized spacial score (nSPS) is 11.3. The van der Waals surface area contributed by atoms with Crippen LogP contribution in [-0.2, 0) is 13.1 Å². The number of ketones is 1. The van der Waals surface area contributed by atoms with Crippen molar-refractivity contribution in [2.24, 2.45) is 0 Å². The topological polar surface area (TPSA) is 39.0 Å². The maximum absolute atomic E-state index is 12.7. The molecule has 0 N–H and O–H groups in total. The van der Waals surface area contributed by atoms with Crippen LogP contribution in [0.3, 0.4) is 0 Å². The number of furan rings is 1. The molecular formula is C24H19N2O2+. The number of carbonyl (C=O) groups excluding carboxylic acids is 1. The third-order valence-corrected chi connectivity index (χ3v) is 4.96. The molecule has 2 heterocycles. The lowest BCUT2D eigenvalue weighted by Gasteiger charge is -2.02. The van der Waals surface area contributed by atoms with E-state index in [2.05, 4.69) is 12.1 Å². The van der Waals surface area contributed by atoms with Gasteiger partial charge in [-0.3, -0.25) is 4.79 Å². The maximum Gasteiger partial charge on any atom is 0.244 e. The SMILES string of the molecule is O=C(C[n+]1ccn(Cc2cc3ccccc3o2)c1)c1ccc2ccccc2c1. The van der Waals surface area contributed by atoms with Gasteiger partial charge in [0, 0.05) is 10.9 Å². The summed E-state index contributed by atoms with van der Waals surface area (Å²) in [5.41, 5.74) is 1.63. The molecular weight excluding hydrogens is 348 g/mol. The zero-order chi connectivity index (χ0) is 18.9. The molecule has 0 bridgehead atoms. The number of hydrogen-bond donors (Lipinski definition) is 0. The Kier molecular flexibility index (Phi) is 4.02. The van der Waals surface area contributed by atoms with Crippen molar-refractivity contribution in [1.82, 2.24) is 4.57 Å². The first-order valence-electron chi connectivity index (χ1n) is 9.29. The summed E-state index contributed by atoms with van der Waals surface area (Å²) < 4.78 is 9.80. The number of Topliss-reactive ketones (excluding diaryl/α,β-unsaturated/α-hetero) is 1. The largest absolute Gasteiger partial charge is 0.457 e. The molecule has 5 rings (SSSR count). The molecule has 4 nitrogen and oxygen atoms in total. The van der Waals surface area contributed by atoms with E-state index in [-0.39, 0.29) is 5.78 Å². The van der Waals surface area contributed by atoms with Crippen molar-refractivity contribution in [3.05, 3.63) is 103 Å². The molecule has 0 spiro atoms. The predicted molar refractivity (Wildman–Crippen MR) is 108 cm³/mol. The van der Waals surface area contributed by atoms with E-state index in [0.717, 1.165) is 33.1 Å². The number of para-hydroxylation sites is 1. The van der Waals surface area contributed by atoms with Crippen LogP contribution in [0.4, 0.5) is 0 Å². The molecule has 5 aromatic rings. The van der Waals surface area contributed by atoms with Gasteiger partial charge in [-0.2, -0.15) is 0 Å². The van der Waals surface area contributed by atoms with Crippen molar-refractivity contribution in [3.63, 3.8) is 0 Å². The highest BCUT2D eigenvalue weighted by atomic mass is 16.3. The Morgan fingerprint density at radius 2 is 1.68 bits per heavy atom. The standard InChI is InChI=1S/C24H19N2O2/c27-23(20-10-9-18-5-1-2-6-19(18)13-20)16-26-12-11-25(17-26)15-22-14-21-7-3-4-8-24(21)28-22/h1-14,17H,15-16H2/q+1. The summed E-state index contributed by atoms with van der Waals surface area (Å²) in [6.07, 6.45) is 5.81. The van der Waals surface area contributed by atoms with E-state index in [9.17, 15) is 4.79 Å². The van der Waals surface area contributed by atoms with Crippen LogP contribution < -0.4 is 4.57 Å². The third-order valence-electron chi connectivity index (χ3n) is 4.96. The minimum Gasteiger partial charge on any atom is -0.457 e. The lowest BCUT2D eigenvalue weighted by molar-refractivity contribution is -0.682. The summed E-state index contributed by atoms with van der Waals surface area (Å²) in [6, 6.07) is 24.0. The van der Waals surface area contributed by atoms with Gasteiger partial charge in [-0.25, -0.2) is 9.13 Å². The summed E-state index contributed by atoms with van der Waals surface area (Å²) in [5.74, 6) is 0.988. The number of rotatable bonds is 5. The molecule has 3 aromatic carbocycles. The van der Waals surface area contributed by atoms with Crippen molar-refractivity contribution < 1.29 is 13.8 Å². The maximum atomic E-state index is 12.7. The molecule has 0 radical (unpaired) electrons. The van der Waals surface area contributed by atoms with Crippen molar-refractivity contribution in [2.75, 3.05) is 0 Å². The van der Waals surface area contributed by atoms with Crippen LogP contribution >= 0.6 is 0 Å². The highest BCUT2D eigenvalue weighted by Gasteiger charge is 2.13. The minimum atomic E-state index is 0.0947. The smallest absolute Gasteiger partial charge is 0.244 e. The summed E-state index contributed by atoms with van der Waals surface area (Å²) in [4.78, 5) is 12.7. The fraction of sp³-hybridized carbons (Fsp3) is 0.0833. The van der Waals surface area contributed by atoms with Crippen molar-refractivity contribution in [2.45, 2.75) is 13.1 Å². The number of imidazole rings is 1. The molecule has 0 unspecified atom stereocenters. The Bertz CT molecular complexity index is 1260. The molecule has 0 aliphatic rings. The number of nitrogens with zero attached hydrogens (tertiary/aromatic N) is 2. The van der Waals surface area contributed by atoms with Gasteiger partial charge in [0.25, 0.3) is 0 Å². The number of carbonyl (C=O) groups is 1. The molecule has 0 aliphatic heterocycles. The van der Waals surface area contributed by atoms with E-state index in [1.54, 1.807) is 0 Å². The second kappa shape index (κ2) is 6.82. The molecule has 0 fully saturated rings. The molecule has 0 aliphatic carbocycles. The van der Waals surface area contributed by atoms with E-state index in [4.69, 9.17) is 4.42 Å². The molecule has 4 heteroatoms. The lowest BCUT2D eigenvalue weighted by atomic mass is 10.0. The Morgan fingerprint density at radius 1 is 0.893 bits per heavy atom. The highest BCUT2D eigenvalue weighted by molar-refractivity contribution is 5.99. The van der Waals surface area contributed by atoms with Crippen molar-refractivity contribution in [1.29, 1.82) is 0 Å². The van der Waals surface area contributed by atoms with E-state index < -0.39 is 0 Å². The van der Waals surface area contributed by atoms with Gasteiger partial charge in [0.05, 0.1) is 0 Å². The fourth-order valence-corrected chi connectivity index (χ4v) is 3.54. The average Bonchev–Trinajstić information content (AvgIpc) is 3.33. The van der Waals surface area contributed by atoms with Crippen LogP contribution in [0.25, 0.3) is 21.7 Å². The van der Waals surface area contributed by atoms with Crippen LogP contribution in [-0.4, -0.2) is 10.4 Å². The number of hydrogen-bond acceptors (Lipinski definition) is 2. The first-order chi connectivity index (χ1) is 13.7. The molecule has 2 aromatic heterocycles. The Hall–Kier alpha value is -3.66. The average molecular weight is 367 g/mol. The quantitative estimate of drug-likeness (QED) is 0.336. The molecule has 0 amide bonds. The van der Waals surface area contributed by atoms with Crippen LogP contribution in [0, 0.1) is 0 Å². The van der Waals surface area contributed by atoms with Crippen LogP contribution in [0.5, 0.6) is 0 Å². The highest BCUT2D eigenvalue weighted by Crippen LogP contribution is 2.19. The fourth-order valence-electron chi connectivity index (χ4n) is 3.54. The summed E-state index contributed by atoms with van der Waals surface area (Å²) in [5, 5.41) is 3.33. The summed E-state index contributed by atoms with van der Waals surface area (Å²) in [6.45, 7) is 0.942. The van der Waals surface area contributed by atoms with Gasteiger partial charge in [0.15, 0.2) is 6.54 Å². The second-order valence-electron chi connectivity index (χ2n) is 6.99. The van der Waals surface area contributed by atoms with Crippen LogP contribution in [0.2, 0.25) is 0 Å². The molecule has 0 saturated carbocycles. The Labute approximate surface area is 162 Å². The summed E-state index contributed by atoms with van der Waals surface area (Å²) >= 11 is 0. The molecule has 0 atom stereocenters. The van der Waals surface area contributed by atoms with Gasteiger partial charge < -0.3 is 4.42 Å². The van der Waals surface area contributed by atoms with Crippen LogP contribution in [0.15, 0.2) is 95.9 Å². The minimum absolute atomic E-state index is 0.0947. The van der Waals surface area contributed by atoms with Gasteiger partial charge in [0.1, 0.15) is 30.3 Å². The monoisotopic (exact) mass is 367 g/mol. The Morgan fingerprint density at radius 3 is 2.54 bits per heavy atom. The van der Waals surface area contributed by atoms with Gasteiger partial charge in [-0.15, -0.1) is 0 Å². The van der Waals surface area contributed by atoms with Gasteiger partial charge >= 0.3 is 0 Å². The lowest BCUT2D eigenvalue weighted by Crippen LogP contribution is -2.35. The van der Waals surface area contributed by atoms with Crippen molar-refractivity contribution >= 4 is 27.5 Å². The van der Waals surface area contributed by atoms with E-state index in [1.165, 1.54) is 0 Å². The van der Waals surface area contributed by atoms with Crippen LogP contribution in [0.1, 0.15) is 16.1 Å². The molecule has 0 saturated heterocycles. The zero-order valence-corrected chi connectivity index (χ0v) is 15.3. The molecule has 28 heavy (non-hydrogen) atoms. The van der Waals surface area contributed by atoms with Crippen molar-refractivity contribution in [3.8, 4) is 0 Å². The van der Waals surface area contributed by atoms with E-state index in [0.29, 0.717) is 13.1 Å². The number of fused-ring (bicyclic) bond motifs is 2. The molecule has 136 valence electrons. The third kappa shape index (κ3) is 3.21. The number of aromatic nitrogens is 2. The van der Waals surface area contributed by atoms with Gasteiger partial charge in [-0.05, 0) is 29.0 Å². The van der Waals surface area contributed by atoms with E-state index in [1.807, 2.05) is 88.5 Å².